The fourth-order valence-electron chi connectivity index (χ4n) is 4.86. The third-order valence-electron chi connectivity index (χ3n) is 7.19. The summed E-state index contributed by atoms with van der Waals surface area (Å²) < 4.78 is 6.02. The predicted molar refractivity (Wildman–Crippen MR) is 145 cm³/mol. The molecule has 184 valence electrons. The summed E-state index contributed by atoms with van der Waals surface area (Å²) in [6, 6.07) is 19.2. The molecular formula is C29H37N5O. The van der Waals surface area contributed by atoms with Gasteiger partial charge in [-0.25, -0.2) is 4.98 Å². The molecule has 0 saturated carbocycles. The molecule has 1 atom stereocenters. The van der Waals surface area contributed by atoms with Crippen LogP contribution in [0.4, 0.5) is 0 Å². The highest BCUT2D eigenvalue weighted by molar-refractivity contribution is 6.07. The zero-order chi connectivity index (χ0) is 24.2. The zero-order valence-corrected chi connectivity index (χ0v) is 21.0. The van der Waals surface area contributed by atoms with Gasteiger partial charge in [0.15, 0.2) is 0 Å². The minimum absolute atomic E-state index is 0.0105. The van der Waals surface area contributed by atoms with Crippen LogP contribution in [0.1, 0.15) is 37.9 Å². The van der Waals surface area contributed by atoms with Crippen LogP contribution in [0.15, 0.2) is 54.6 Å². The Morgan fingerprint density at radius 1 is 0.971 bits per heavy atom. The van der Waals surface area contributed by atoms with Crippen LogP contribution < -0.4 is 10.5 Å². The van der Waals surface area contributed by atoms with Gasteiger partial charge in [-0.2, -0.15) is 0 Å². The quantitative estimate of drug-likeness (QED) is 0.351. The Balaban J connectivity index is 1.27. The minimum Gasteiger partial charge on any atom is -0.492 e. The van der Waals surface area contributed by atoms with Gasteiger partial charge in [-0.05, 0) is 61.0 Å². The second-order valence-electron chi connectivity index (χ2n) is 9.78. The first-order valence-electron chi connectivity index (χ1n) is 12.9. The van der Waals surface area contributed by atoms with Crippen molar-refractivity contribution in [2.75, 3.05) is 46.4 Å². The molecule has 1 fully saturated rings. The molecule has 6 heteroatoms. The first kappa shape index (κ1) is 23.8. The van der Waals surface area contributed by atoms with Crippen molar-refractivity contribution in [1.29, 1.82) is 0 Å². The fraction of sp³-hybridized carbons (Fsp3) is 0.414. The van der Waals surface area contributed by atoms with Gasteiger partial charge < -0.3 is 20.4 Å². The van der Waals surface area contributed by atoms with Crippen LogP contribution in [-0.4, -0.2) is 66.1 Å². The molecule has 2 aromatic heterocycles. The van der Waals surface area contributed by atoms with Gasteiger partial charge in [-0.1, -0.05) is 38.0 Å². The number of pyridine rings is 1. The Bertz CT molecular complexity index is 1260. The molecule has 0 radical (unpaired) electrons. The monoisotopic (exact) mass is 471 g/mol. The predicted octanol–water partition coefficient (Wildman–Crippen LogP) is 5.20. The second-order valence-corrected chi connectivity index (χ2v) is 9.78. The van der Waals surface area contributed by atoms with E-state index in [2.05, 4.69) is 83.4 Å². The fourth-order valence-corrected chi connectivity index (χ4v) is 4.86. The number of piperazine rings is 1. The lowest BCUT2D eigenvalue weighted by Crippen LogP contribution is -2.45. The van der Waals surface area contributed by atoms with Crippen LogP contribution in [0.5, 0.6) is 5.75 Å². The van der Waals surface area contributed by atoms with Crippen molar-refractivity contribution in [2.24, 2.45) is 5.73 Å². The topological polar surface area (TPSA) is 70.4 Å². The number of likely N-dealkylation sites (N-methyl/N-ethyl adjacent to an activating group) is 1. The number of nitrogens with zero attached hydrogens (tertiary/aromatic N) is 3. The van der Waals surface area contributed by atoms with E-state index < -0.39 is 0 Å². The number of benzene rings is 2. The summed E-state index contributed by atoms with van der Waals surface area (Å²) in [7, 11) is 2.18. The van der Waals surface area contributed by atoms with Crippen LogP contribution in [0.3, 0.4) is 0 Å². The lowest BCUT2D eigenvalue weighted by atomic mass is 10.0. The number of unbranched alkanes of at least 4 members (excludes halogenated alkanes) is 1. The van der Waals surface area contributed by atoms with Gasteiger partial charge in [0.25, 0.3) is 0 Å². The minimum atomic E-state index is -0.0105. The SMILES string of the molecule is CCCCC(N)c1ccc2c(n1)[nH]c1ccc(-c3ccc(OCCN4CCN(C)CC4)cc3)cc12. The highest BCUT2D eigenvalue weighted by atomic mass is 16.5. The summed E-state index contributed by atoms with van der Waals surface area (Å²) in [5, 5.41) is 2.32. The molecule has 0 aliphatic carbocycles. The standard InChI is InChI=1S/C29H37N5O/c1-3-4-5-26(30)28-13-11-24-25-20-22(8-12-27(25)31-29(24)32-28)21-6-9-23(10-7-21)35-19-18-34-16-14-33(2)15-17-34/h6-13,20,26H,3-5,14-19,30H2,1-2H3,(H,31,32). The maximum Gasteiger partial charge on any atom is 0.138 e. The number of nitrogens with one attached hydrogen (secondary N) is 1. The lowest BCUT2D eigenvalue weighted by molar-refractivity contribution is 0.134. The molecule has 2 aromatic carbocycles. The molecule has 1 aliphatic rings. The Morgan fingerprint density at radius 3 is 2.51 bits per heavy atom. The van der Waals surface area contributed by atoms with Crippen molar-refractivity contribution in [3.05, 3.63) is 60.3 Å². The number of fused-ring (bicyclic) bond motifs is 3. The van der Waals surface area contributed by atoms with Crippen LogP contribution in [0, 0.1) is 0 Å². The van der Waals surface area contributed by atoms with Gasteiger partial charge >= 0.3 is 0 Å². The highest BCUT2D eigenvalue weighted by Gasteiger charge is 2.14. The summed E-state index contributed by atoms with van der Waals surface area (Å²) in [6.45, 7) is 8.41. The van der Waals surface area contributed by atoms with E-state index in [1.165, 1.54) is 16.5 Å². The van der Waals surface area contributed by atoms with Crippen LogP contribution >= 0.6 is 0 Å². The van der Waals surface area contributed by atoms with Crippen LogP contribution in [0.25, 0.3) is 33.1 Å². The molecule has 5 rings (SSSR count). The van der Waals surface area contributed by atoms with E-state index in [0.29, 0.717) is 0 Å². The molecule has 3 heterocycles. The number of nitrogens with two attached hydrogens (primary N) is 1. The number of H-pyrrole nitrogens is 1. The van der Waals surface area contributed by atoms with E-state index >= 15 is 0 Å². The second kappa shape index (κ2) is 10.8. The smallest absolute Gasteiger partial charge is 0.138 e. The molecule has 6 nitrogen and oxygen atoms in total. The molecule has 0 spiro atoms. The van der Waals surface area contributed by atoms with Gasteiger partial charge in [-0.15, -0.1) is 0 Å². The average molecular weight is 472 g/mol. The molecule has 3 N–H and O–H groups in total. The number of aromatic amines is 1. The van der Waals surface area contributed by atoms with Crippen molar-refractivity contribution in [2.45, 2.75) is 32.2 Å². The van der Waals surface area contributed by atoms with Gasteiger partial charge in [0.05, 0.1) is 5.69 Å². The molecule has 1 unspecified atom stereocenters. The number of hydrogen-bond donors (Lipinski definition) is 2. The van der Waals surface area contributed by atoms with E-state index in [1.807, 2.05) is 0 Å². The van der Waals surface area contributed by atoms with Crippen molar-refractivity contribution in [3.8, 4) is 16.9 Å². The first-order chi connectivity index (χ1) is 17.1. The largest absolute Gasteiger partial charge is 0.492 e. The summed E-state index contributed by atoms with van der Waals surface area (Å²) in [4.78, 5) is 13.2. The summed E-state index contributed by atoms with van der Waals surface area (Å²) in [5.74, 6) is 0.923. The van der Waals surface area contributed by atoms with Crippen molar-refractivity contribution >= 4 is 21.9 Å². The third kappa shape index (κ3) is 5.50. The maximum atomic E-state index is 6.36. The molecule has 4 aromatic rings. The van der Waals surface area contributed by atoms with Crippen molar-refractivity contribution in [1.82, 2.24) is 19.8 Å². The number of ether oxygens (including phenoxy) is 1. The van der Waals surface area contributed by atoms with E-state index in [9.17, 15) is 0 Å². The van der Waals surface area contributed by atoms with Crippen LogP contribution in [0.2, 0.25) is 0 Å². The highest BCUT2D eigenvalue weighted by Crippen LogP contribution is 2.31. The number of aromatic nitrogens is 2. The van der Waals surface area contributed by atoms with E-state index in [-0.39, 0.29) is 6.04 Å². The Hall–Kier alpha value is -2.93. The van der Waals surface area contributed by atoms with Gasteiger partial charge in [0.1, 0.15) is 18.0 Å². The zero-order valence-electron chi connectivity index (χ0n) is 21.0. The average Bonchev–Trinajstić information content (AvgIpc) is 3.26. The van der Waals surface area contributed by atoms with Gasteiger partial charge in [-0.3, -0.25) is 4.90 Å². The third-order valence-corrected chi connectivity index (χ3v) is 7.19. The molecule has 1 aliphatic heterocycles. The molecule has 0 bridgehead atoms. The van der Waals surface area contributed by atoms with E-state index in [4.69, 9.17) is 15.5 Å². The first-order valence-corrected chi connectivity index (χ1v) is 12.9. The van der Waals surface area contributed by atoms with Crippen LogP contribution in [-0.2, 0) is 0 Å². The summed E-state index contributed by atoms with van der Waals surface area (Å²) in [5.41, 5.74) is 11.7. The molecule has 35 heavy (non-hydrogen) atoms. The van der Waals surface area contributed by atoms with E-state index in [1.54, 1.807) is 0 Å². The Morgan fingerprint density at radius 2 is 1.74 bits per heavy atom. The molecular weight excluding hydrogens is 434 g/mol. The van der Waals surface area contributed by atoms with Gasteiger partial charge in [0.2, 0.25) is 0 Å². The Kier molecular flexibility index (Phi) is 7.32. The van der Waals surface area contributed by atoms with E-state index in [0.717, 1.165) is 86.6 Å². The molecule has 0 amide bonds. The number of hydrogen-bond acceptors (Lipinski definition) is 5. The van der Waals surface area contributed by atoms with Crippen molar-refractivity contribution in [3.63, 3.8) is 0 Å². The van der Waals surface area contributed by atoms with Crippen molar-refractivity contribution < 1.29 is 4.74 Å². The number of rotatable bonds is 9. The lowest BCUT2D eigenvalue weighted by Gasteiger charge is -2.32. The molecule has 1 saturated heterocycles. The maximum absolute atomic E-state index is 6.36. The summed E-state index contributed by atoms with van der Waals surface area (Å²) >= 11 is 0. The summed E-state index contributed by atoms with van der Waals surface area (Å²) in [6.07, 6.45) is 3.24. The van der Waals surface area contributed by atoms with Gasteiger partial charge in [0, 0.05) is 55.1 Å². The Labute approximate surface area is 208 Å². The normalized spacial score (nSPS) is 16.2.